The number of aromatic nitrogens is 1. The van der Waals surface area contributed by atoms with Gasteiger partial charge in [0.15, 0.2) is 11.6 Å². The number of carbonyl (C=O) groups excluding carboxylic acids is 1. The highest BCUT2D eigenvalue weighted by atomic mass is 16.5. The Morgan fingerprint density at radius 3 is 2.83 bits per heavy atom. The van der Waals surface area contributed by atoms with Gasteiger partial charge in [0.1, 0.15) is 5.75 Å². The minimum absolute atomic E-state index is 0.106. The fraction of sp³-hybridized carbons (Fsp3) is 0.222. The molecule has 1 aromatic carbocycles. The maximum Gasteiger partial charge on any atom is 0.249 e. The summed E-state index contributed by atoms with van der Waals surface area (Å²) < 4.78 is 10.8. The summed E-state index contributed by atoms with van der Waals surface area (Å²) in [6.07, 6.45) is 4.86. The van der Waals surface area contributed by atoms with Crippen LogP contribution in [-0.2, 0) is 4.79 Å². The van der Waals surface area contributed by atoms with E-state index in [1.54, 1.807) is 24.4 Å². The SMILES string of the molecule is COc1cccnc1NC(=O)/C=C/c1cccc(OC(C)C)c1. The number of pyridine rings is 1. The van der Waals surface area contributed by atoms with E-state index in [4.69, 9.17) is 9.47 Å². The van der Waals surface area contributed by atoms with Crippen molar-refractivity contribution in [1.29, 1.82) is 0 Å². The van der Waals surface area contributed by atoms with Crippen LogP contribution in [0.5, 0.6) is 11.5 Å². The van der Waals surface area contributed by atoms with Crippen molar-refractivity contribution < 1.29 is 14.3 Å². The summed E-state index contributed by atoms with van der Waals surface area (Å²) in [7, 11) is 1.53. The molecule has 0 fully saturated rings. The Balaban J connectivity index is 2.03. The molecule has 1 heterocycles. The molecule has 0 atom stereocenters. The van der Waals surface area contributed by atoms with Gasteiger partial charge in [-0.05, 0) is 49.8 Å². The molecule has 2 aromatic rings. The summed E-state index contributed by atoms with van der Waals surface area (Å²) in [5.41, 5.74) is 0.881. The Bertz CT molecular complexity index is 696. The van der Waals surface area contributed by atoms with Gasteiger partial charge in [-0.1, -0.05) is 12.1 Å². The van der Waals surface area contributed by atoms with E-state index in [1.165, 1.54) is 13.2 Å². The lowest BCUT2D eigenvalue weighted by molar-refractivity contribution is -0.111. The monoisotopic (exact) mass is 312 g/mol. The minimum atomic E-state index is -0.280. The van der Waals surface area contributed by atoms with Gasteiger partial charge in [-0.3, -0.25) is 4.79 Å². The minimum Gasteiger partial charge on any atom is -0.493 e. The number of nitrogens with one attached hydrogen (secondary N) is 1. The third-order valence-corrected chi connectivity index (χ3v) is 2.89. The fourth-order valence-electron chi connectivity index (χ4n) is 1.94. The van der Waals surface area contributed by atoms with Crippen molar-refractivity contribution in [3.8, 4) is 11.5 Å². The predicted molar refractivity (Wildman–Crippen MR) is 90.7 cm³/mol. The van der Waals surface area contributed by atoms with Gasteiger partial charge in [0.05, 0.1) is 13.2 Å². The van der Waals surface area contributed by atoms with E-state index in [0.29, 0.717) is 11.6 Å². The zero-order valence-electron chi connectivity index (χ0n) is 13.4. The summed E-state index contributed by atoms with van der Waals surface area (Å²) in [6.45, 7) is 3.94. The largest absolute Gasteiger partial charge is 0.493 e. The molecule has 0 bridgehead atoms. The third-order valence-electron chi connectivity index (χ3n) is 2.89. The Morgan fingerprint density at radius 1 is 1.26 bits per heavy atom. The summed E-state index contributed by atoms with van der Waals surface area (Å²) in [5.74, 6) is 1.40. The van der Waals surface area contributed by atoms with E-state index in [0.717, 1.165) is 11.3 Å². The van der Waals surface area contributed by atoms with Crippen molar-refractivity contribution in [2.75, 3.05) is 12.4 Å². The second kappa shape index (κ2) is 7.98. The van der Waals surface area contributed by atoms with Crippen LogP contribution in [0, 0.1) is 0 Å². The molecule has 1 amide bonds. The molecule has 5 nitrogen and oxygen atoms in total. The molecule has 0 aliphatic carbocycles. The van der Waals surface area contributed by atoms with Gasteiger partial charge in [-0.15, -0.1) is 0 Å². The lowest BCUT2D eigenvalue weighted by Gasteiger charge is -2.09. The quantitative estimate of drug-likeness (QED) is 0.829. The zero-order chi connectivity index (χ0) is 16.7. The molecule has 0 saturated heterocycles. The first-order chi connectivity index (χ1) is 11.1. The summed E-state index contributed by atoms with van der Waals surface area (Å²) in [4.78, 5) is 16.1. The average molecular weight is 312 g/mol. The van der Waals surface area contributed by atoms with Crippen molar-refractivity contribution in [3.63, 3.8) is 0 Å². The Labute approximate surface area is 136 Å². The van der Waals surface area contributed by atoms with Crippen LogP contribution in [0.1, 0.15) is 19.4 Å². The van der Waals surface area contributed by atoms with Crippen LogP contribution in [0.3, 0.4) is 0 Å². The van der Waals surface area contributed by atoms with E-state index in [1.807, 2.05) is 38.1 Å². The molecule has 2 rings (SSSR count). The standard InChI is InChI=1S/C18H20N2O3/c1-13(2)23-15-7-4-6-14(12-15)9-10-17(21)20-18-16(22-3)8-5-11-19-18/h4-13H,1-3H3,(H,19,20,21)/b10-9+. The van der Waals surface area contributed by atoms with E-state index in [9.17, 15) is 4.79 Å². The number of hydrogen-bond donors (Lipinski definition) is 1. The number of amides is 1. The Morgan fingerprint density at radius 2 is 2.09 bits per heavy atom. The molecule has 0 saturated carbocycles. The molecule has 1 N–H and O–H groups in total. The van der Waals surface area contributed by atoms with Gasteiger partial charge in [0, 0.05) is 12.3 Å². The number of nitrogens with zero attached hydrogens (tertiary/aromatic N) is 1. The van der Waals surface area contributed by atoms with Crippen LogP contribution in [0.15, 0.2) is 48.7 Å². The molecular weight excluding hydrogens is 292 g/mol. The Kier molecular flexibility index (Phi) is 5.74. The first-order valence-corrected chi connectivity index (χ1v) is 7.33. The van der Waals surface area contributed by atoms with E-state index < -0.39 is 0 Å². The highest BCUT2D eigenvalue weighted by Gasteiger charge is 2.05. The molecule has 0 radical (unpaired) electrons. The van der Waals surface area contributed by atoms with Crippen molar-refractivity contribution in [3.05, 3.63) is 54.2 Å². The highest BCUT2D eigenvalue weighted by molar-refractivity contribution is 6.02. The third kappa shape index (κ3) is 5.14. The van der Waals surface area contributed by atoms with Gasteiger partial charge in [-0.25, -0.2) is 4.98 Å². The number of hydrogen-bond acceptors (Lipinski definition) is 4. The van der Waals surface area contributed by atoms with Gasteiger partial charge in [0.2, 0.25) is 5.91 Å². The van der Waals surface area contributed by atoms with Gasteiger partial charge < -0.3 is 14.8 Å². The average Bonchev–Trinajstić information content (AvgIpc) is 2.53. The normalized spacial score (nSPS) is 10.8. The second-order valence-corrected chi connectivity index (χ2v) is 5.12. The molecule has 0 spiro atoms. The molecular formula is C18H20N2O3. The van der Waals surface area contributed by atoms with E-state index >= 15 is 0 Å². The number of carbonyl (C=O) groups is 1. The summed E-state index contributed by atoms with van der Waals surface area (Å²) in [6, 6.07) is 11.0. The molecule has 23 heavy (non-hydrogen) atoms. The number of ether oxygens (including phenoxy) is 2. The smallest absolute Gasteiger partial charge is 0.249 e. The van der Waals surface area contributed by atoms with Crippen LogP contribution in [0.25, 0.3) is 6.08 Å². The first-order valence-electron chi connectivity index (χ1n) is 7.33. The van der Waals surface area contributed by atoms with E-state index in [-0.39, 0.29) is 12.0 Å². The molecule has 0 aliphatic rings. The number of benzene rings is 1. The maximum atomic E-state index is 12.0. The number of rotatable bonds is 6. The highest BCUT2D eigenvalue weighted by Crippen LogP contribution is 2.20. The first kappa shape index (κ1) is 16.5. The molecule has 0 unspecified atom stereocenters. The van der Waals surface area contributed by atoms with Crippen LogP contribution in [0.2, 0.25) is 0 Å². The second-order valence-electron chi connectivity index (χ2n) is 5.12. The zero-order valence-corrected chi connectivity index (χ0v) is 13.4. The fourth-order valence-corrected chi connectivity index (χ4v) is 1.94. The number of anilines is 1. The molecule has 1 aromatic heterocycles. The molecule has 5 heteroatoms. The lowest BCUT2D eigenvalue weighted by Crippen LogP contribution is -2.10. The topological polar surface area (TPSA) is 60.5 Å². The maximum absolute atomic E-state index is 12.0. The van der Waals surface area contributed by atoms with Crippen molar-refractivity contribution in [2.24, 2.45) is 0 Å². The van der Waals surface area contributed by atoms with Crippen LogP contribution < -0.4 is 14.8 Å². The van der Waals surface area contributed by atoms with Crippen molar-refractivity contribution >= 4 is 17.8 Å². The predicted octanol–water partition coefficient (Wildman–Crippen LogP) is 3.53. The van der Waals surface area contributed by atoms with Gasteiger partial charge in [-0.2, -0.15) is 0 Å². The van der Waals surface area contributed by atoms with Gasteiger partial charge in [0.25, 0.3) is 0 Å². The van der Waals surface area contributed by atoms with Crippen molar-refractivity contribution in [1.82, 2.24) is 4.98 Å². The number of methoxy groups -OCH3 is 1. The van der Waals surface area contributed by atoms with Crippen LogP contribution in [-0.4, -0.2) is 24.1 Å². The van der Waals surface area contributed by atoms with Gasteiger partial charge >= 0.3 is 0 Å². The summed E-state index contributed by atoms with van der Waals surface area (Å²) >= 11 is 0. The van der Waals surface area contributed by atoms with E-state index in [2.05, 4.69) is 10.3 Å². The Hall–Kier alpha value is -2.82. The lowest BCUT2D eigenvalue weighted by atomic mass is 10.2. The molecule has 0 aliphatic heterocycles. The summed E-state index contributed by atoms with van der Waals surface area (Å²) in [5, 5.41) is 2.69. The van der Waals surface area contributed by atoms with Crippen molar-refractivity contribution in [2.45, 2.75) is 20.0 Å². The molecule has 120 valence electrons. The van der Waals surface area contributed by atoms with Crippen LogP contribution >= 0.6 is 0 Å². The van der Waals surface area contributed by atoms with Crippen LogP contribution in [0.4, 0.5) is 5.82 Å².